The molecule has 1 fully saturated rings. The molecular weight excluding hydrogens is 336 g/mol. The van der Waals surface area contributed by atoms with E-state index >= 15 is 0 Å². The van der Waals surface area contributed by atoms with Gasteiger partial charge in [0.15, 0.2) is 0 Å². The van der Waals surface area contributed by atoms with E-state index < -0.39 is 11.7 Å². The van der Waals surface area contributed by atoms with Gasteiger partial charge in [0.2, 0.25) is 0 Å². The van der Waals surface area contributed by atoms with Crippen LogP contribution in [0.4, 0.5) is 10.5 Å². The van der Waals surface area contributed by atoms with E-state index in [1.807, 2.05) is 4.90 Å². The monoisotopic (exact) mass is 358 g/mol. The second-order valence-corrected chi connectivity index (χ2v) is 6.51. The molecule has 9 heteroatoms. The second kappa shape index (κ2) is 7.85. The van der Waals surface area contributed by atoms with Crippen molar-refractivity contribution in [3.8, 4) is 0 Å². The lowest BCUT2D eigenvalue weighted by Crippen LogP contribution is -2.39. The molecule has 138 valence electrons. The van der Waals surface area contributed by atoms with E-state index in [1.165, 1.54) is 0 Å². The lowest BCUT2D eigenvalue weighted by molar-refractivity contribution is 0.0683. The Labute approximate surface area is 150 Å². The third-order valence-electron chi connectivity index (χ3n) is 4.30. The van der Waals surface area contributed by atoms with E-state index in [9.17, 15) is 14.4 Å². The van der Waals surface area contributed by atoms with Crippen molar-refractivity contribution in [1.29, 1.82) is 0 Å². The van der Waals surface area contributed by atoms with Crippen LogP contribution in [0.2, 0.25) is 0 Å². The normalized spacial score (nSPS) is 17.0. The summed E-state index contributed by atoms with van der Waals surface area (Å²) in [6.07, 6.45) is 2.20. The Balaban J connectivity index is 1.52. The average Bonchev–Trinajstić information content (AvgIpc) is 3.05. The van der Waals surface area contributed by atoms with Gasteiger partial charge in [-0.05, 0) is 43.0 Å². The van der Waals surface area contributed by atoms with E-state index in [0.717, 1.165) is 25.9 Å². The molecule has 9 nitrogen and oxygen atoms in total. The van der Waals surface area contributed by atoms with E-state index in [2.05, 4.69) is 32.7 Å². The van der Waals surface area contributed by atoms with Gasteiger partial charge in [-0.15, -0.1) is 0 Å². The summed E-state index contributed by atoms with van der Waals surface area (Å²) in [7, 11) is 0. The molecule has 0 aliphatic carbocycles. The van der Waals surface area contributed by atoms with Crippen LogP contribution in [0, 0.1) is 5.92 Å². The number of rotatable bonds is 4. The van der Waals surface area contributed by atoms with Gasteiger partial charge in [0.25, 0.3) is 5.91 Å². The smallest absolute Gasteiger partial charge is 0.338 e. The maximum Gasteiger partial charge on any atom is 0.340 e. The van der Waals surface area contributed by atoms with Crippen LogP contribution in [0.1, 0.15) is 35.9 Å². The summed E-state index contributed by atoms with van der Waals surface area (Å²) < 4.78 is 0. The molecule has 1 aromatic heterocycles. The summed E-state index contributed by atoms with van der Waals surface area (Å²) in [6.45, 7) is 3.83. The number of hydrogen-bond acceptors (Lipinski definition) is 4. The first kappa shape index (κ1) is 17.7. The molecular formula is C17H22N6O3. The number of aromatic nitrogens is 3. The standard InChI is InChI=1S/C17H22N6O3/c1-11-3-2-8-23(10-11)15(24)12-4-6-13(7-5-12)19-16(25)18-9-14-20-17(26)22-21-14/h4-7,11H,2-3,8-10H2,1H3,(H2,18,19,25)(H2,20,21,22,26)/t11-/m1/s1. The highest BCUT2D eigenvalue weighted by Crippen LogP contribution is 2.19. The van der Waals surface area contributed by atoms with Gasteiger partial charge in [0.1, 0.15) is 5.82 Å². The number of nitrogens with zero attached hydrogens (tertiary/aromatic N) is 2. The largest absolute Gasteiger partial charge is 0.340 e. The third-order valence-corrected chi connectivity index (χ3v) is 4.30. The minimum atomic E-state index is -0.433. The first-order chi connectivity index (χ1) is 12.5. The van der Waals surface area contributed by atoms with E-state index in [0.29, 0.717) is 23.0 Å². The molecule has 26 heavy (non-hydrogen) atoms. The lowest BCUT2D eigenvalue weighted by Gasteiger charge is -2.31. The van der Waals surface area contributed by atoms with Gasteiger partial charge in [-0.3, -0.25) is 9.78 Å². The minimum absolute atomic E-state index is 0.0232. The number of nitrogens with one attached hydrogen (secondary N) is 4. The lowest BCUT2D eigenvalue weighted by atomic mass is 9.99. The Hall–Kier alpha value is -3.10. The van der Waals surface area contributed by atoms with Crippen molar-refractivity contribution in [2.24, 2.45) is 5.92 Å². The van der Waals surface area contributed by atoms with E-state index in [-0.39, 0.29) is 12.5 Å². The van der Waals surface area contributed by atoms with Gasteiger partial charge in [-0.25, -0.2) is 14.7 Å². The first-order valence-electron chi connectivity index (χ1n) is 8.59. The van der Waals surface area contributed by atoms with Gasteiger partial charge >= 0.3 is 11.7 Å². The number of aromatic amines is 2. The van der Waals surface area contributed by atoms with Crippen molar-refractivity contribution in [2.75, 3.05) is 18.4 Å². The van der Waals surface area contributed by atoms with Crippen LogP contribution in [-0.4, -0.2) is 45.1 Å². The molecule has 2 aromatic rings. The van der Waals surface area contributed by atoms with Crippen LogP contribution in [0.5, 0.6) is 0 Å². The summed E-state index contributed by atoms with van der Waals surface area (Å²) in [5, 5.41) is 11.2. The molecule has 1 aromatic carbocycles. The minimum Gasteiger partial charge on any atom is -0.338 e. The molecule has 0 unspecified atom stereocenters. The molecule has 2 heterocycles. The second-order valence-electron chi connectivity index (χ2n) is 6.51. The van der Waals surface area contributed by atoms with E-state index in [4.69, 9.17) is 0 Å². The maximum absolute atomic E-state index is 12.5. The summed E-state index contributed by atoms with van der Waals surface area (Å²) in [5.74, 6) is 0.888. The fourth-order valence-corrected chi connectivity index (χ4v) is 2.98. The quantitative estimate of drug-likeness (QED) is 0.657. The molecule has 4 N–H and O–H groups in total. The summed E-state index contributed by atoms with van der Waals surface area (Å²) in [5.41, 5.74) is 0.756. The molecule has 3 amide bonds. The summed E-state index contributed by atoms with van der Waals surface area (Å²) in [4.78, 5) is 39.6. The SMILES string of the molecule is C[C@@H]1CCCN(C(=O)c2ccc(NC(=O)NCc3n[nH]c(=O)[nH]3)cc2)C1. The summed E-state index contributed by atoms with van der Waals surface area (Å²) >= 11 is 0. The number of anilines is 1. The highest BCUT2D eigenvalue weighted by Gasteiger charge is 2.21. The van der Waals surface area contributed by atoms with Crippen molar-refractivity contribution < 1.29 is 9.59 Å². The zero-order valence-corrected chi connectivity index (χ0v) is 14.5. The van der Waals surface area contributed by atoms with Crippen LogP contribution >= 0.6 is 0 Å². The molecule has 0 saturated carbocycles. The number of likely N-dealkylation sites (tertiary alicyclic amines) is 1. The van der Waals surface area contributed by atoms with E-state index in [1.54, 1.807) is 24.3 Å². The molecule has 1 aliphatic heterocycles. The number of piperidine rings is 1. The summed E-state index contributed by atoms with van der Waals surface area (Å²) in [6, 6.07) is 6.37. The zero-order valence-electron chi connectivity index (χ0n) is 14.5. The van der Waals surface area contributed by atoms with Crippen molar-refractivity contribution in [2.45, 2.75) is 26.3 Å². The highest BCUT2D eigenvalue weighted by molar-refractivity contribution is 5.95. The topological polar surface area (TPSA) is 123 Å². The van der Waals surface area contributed by atoms with Crippen molar-refractivity contribution in [1.82, 2.24) is 25.4 Å². The Morgan fingerprint density at radius 3 is 2.73 bits per heavy atom. The van der Waals surface area contributed by atoms with Gasteiger partial charge < -0.3 is 15.5 Å². The molecule has 3 rings (SSSR count). The van der Waals surface area contributed by atoms with Crippen LogP contribution in [0.3, 0.4) is 0 Å². The number of benzene rings is 1. The Morgan fingerprint density at radius 2 is 2.08 bits per heavy atom. The first-order valence-corrected chi connectivity index (χ1v) is 8.59. The van der Waals surface area contributed by atoms with Crippen LogP contribution in [0.15, 0.2) is 29.1 Å². The zero-order chi connectivity index (χ0) is 18.5. The van der Waals surface area contributed by atoms with Gasteiger partial charge in [-0.1, -0.05) is 6.92 Å². The number of hydrogen-bond donors (Lipinski definition) is 4. The fraction of sp³-hybridized carbons (Fsp3) is 0.412. The van der Waals surface area contributed by atoms with Gasteiger partial charge in [0, 0.05) is 24.3 Å². The molecule has 1 aliphatic rings. The Morgan fingerprint density at radius 1 is 1.31 bits per heavy atom. The Kier molecular flexibility index (Phi) is 5.35. The molecule has 1 saturated heterocycles. The third kappa shape index (κ3) is 4.50. The van der Waals surface area contributed by atoms with Crippen molar-refractivity contribution in [3.05, 3.63) is 46.1 Å². The Bertz CT molecular complexity index is 826. The average molecular weight is 358 g/mol. The van der Waals surface area contributed by atoms with Crippen molar-refractivity contribution >= 4 is 17.6 Å². The number of amides is 3. The molecule has 0 bridgehead atoms. The number of carbonyl (C=O) groups is 2. The van der Waals surface area contributed by atoms with Crippen LogP contribution in [0.25, 0.3) is 0 Å². The van der Waals surface area contributed by atoms with Gasteiger partial charge in [0.05, 0.1) is 6.54 Å². The van der Waals surface area contributed by atoms with Crippen molar-refractivity contribution in [3.63, 3.8) is 0 Å². The maximum atomic E-state index is 12.5. The number of urea groups is 1. The molecule has 0 radical (unpaired) electrons. The van der Waals surface area contributed by atoms with Crippen LogP contribution in [-0.2, 0) is 6.54 Å². The molecule has 1 atom stereocenters. The number of carbonyl (C=O) groups excluding carboxylic acids is 2. The van der Waals surface area contributed by atoms with Gasteiger partial charge in [-0.2, -0.15) is 5.10 Å². The van der Waals surface area contributed by atoms with Crippen LogP contribution < -0.4 is 16.3 Å². The fourth-order valence-electron chi connectivity index (χ4n) is 2.98. The number of H-pyrrole nitrogens is 2. The highest BCUT2D eigenvalue weighted by atomic mass is 16.2. The molecule has 0 spiro atoms. The predicted octanol–water partition coefficient (Wildman–Crippen LogP) is 1.29. The predicted molar refractivity (Wildman–Crippen MR) is 95.8 cm³/mol.